The van der Waals surface area contributed by atoms with Crippen LogP contribution in [-0.4, -0.2) is 94.6 Å². The SMILES string of the molecule is CCC1C[C@]1(NC(=O)[C@@H]1C[C@@H]2CN1C(=O)[C@H](C(C)(C)C)NC(=O)OCC(C)(C)CC/C=C/c1cccc3nc(cn13)C(=O)O2)C(=O)NS(=O)(=O)C1CC1. The van der Waals surface area contributed by atoms with E-state index in [1.807, 2.05) is 45.1 Å². The minimum atomic E-state index is -3.89. The van der Waals surface area contributed by atoms with E-state index in [-0.39, 0.29) is 37.6 Å². The second-order valence-electron chi connectivity index (χ2n) is 16.6. The molecule has 1 unspecified atom stereocenters. The fraction of sp³-hybridized carbons (Fsp3) is 0.622. The largest absolute Gasteiger partial charge is 0.456 e. The van der Waals surface area contributed by atoms with E-state index in [1.54, 1.807) is 37.4 Å². The number of carbonyl (C=O) groups excluding carboxylic acids is 5. The van der Waals surface area contributed by atoms with Crippen LogP contribution in [-0.2, 0) is 33.9 Å². The number of nitrogens with one attached hydrogen (secondary N) is 3. The van der Waals surface area contributed by atoms with Gasteiger partial charge in [0.05, 0.1) is 18.4 Å². The maximum absolute atomic E-state index is 14.5. The van der Waals surface area contributed by atoms with Gasteiger partial charge in [0.2, 0.25) is 21.8 Å². The first-order chi connectivity index (χ1) is 24.8. The molecule has 2 aliphatic heterocycles. The van der Waals surface area contributed by atoms with Gasteiger partial charge in [-0.1, -0.05) is 60.1 Å². The van der Waals surface area contributed by atoms with Crippen LogP contribution in [0.3, 0.4) is 0 Å². The summed E-state index contributed by atoms with van der Waals surface area (Å²) >= 11 is 0. The van der Waals surface area contributed by atoms with Crippen molar-refractivity contribution in [1.82, 2.24) is 29.6 Å². The van der Waals surface area contributed by atoms with Crippen molar-refractivity contribution in [3.05, 3.63) is 41.9 Å². The zero-order valence-corrected chi connectivity index (χ0v) is 32.0. The van der Waals surface area contributed by atoms with Gasteiger partial charge in [-0.15, -0.1) is 0 Å². The number of carbonyl (C=O) groups is 5. The number of rotatable bonds is 6. The number of nitrogens with zero attached hydrogens (tertiary/aromatic N) is 3. The first-order valence-electron chi connectivity index (χ1n) is 18.3. The third-order valence-corrected chi connectivity index (χ3v) is 12.5. The van der Waals surface area contributed by atoms with Crippen molar-refractivity contribution in [3.63, 3.8) is 0 Å². The number of aromatic nitrogens is 2. The van der Waals surface area contributed by atoms with E-state index in [1.165, 1.54) is 4.90 Å². The fourth-order valence-corrected chi connectivity index (χ4v) is 8.50. The highest BCUT2D eigenvalue weighted by Gasteiger charge is 2.62. The number of fused-ring (bicyclic) bond motifs is 3. The smallest absolute Gasteiger partial charge is 0.407 e. The van der Waals surface area contributed by atoms with Crippen molar-refractivity contribution in [2.24, 2.45) is 16.7 Å². The minimum Gasteiger partial charge on any atom is -0.456 e. The second kappa shape index (κ2) is 14.1. The zero-order valence-electron chi connectivity index (χ0n) is 31.1. The molecule has 0 radical (unpaired) electrons. The van der Waals surface area contributed by atoms with E-state index in [0.29, 0.717) is 37.8 Å². The number of esters is 1. The van der Waals surface area contributed by atoms with Gasteiger partial charge < -0.3 is 25.0 Å². The summed E-state index contributed by atoms with van der Waals surface area (Å²) in [6.45, 7) is 11.0. The summed E-state index contributed by atoms with van der Waals surface area (Å²) in [5, 5.41) is 4.88. The monoisotopic (exact) mass is 754 g/mol. The van der Waals surface area contributed by atoms with Crippen LogP contribution in [0.1, 0.15) is 103 Å². The van der Waals surface area contributed by atoms with Crippen LogP contribution in [0.25, 0.3) is 11.7 Å². The summed E-state index contributed by atoms with van der Waals surface area (Å²) in [4.78, 5) is 74.7. The number of hydrogen-bond donors (Lipinski definition) is 3. The van der Waals surface area contributed by atoms with Crippen molar-refractivity contribution in [1.29, 1.82) is 0 Å². The Bertz CT molecular complexity index is 1950. The van der Waals surface area contributed by atoms with Crippen molar-refractivity contribution in [2.75, 3.05) is 13.2 Å². The number of sulfonamides is 1. The Kier molecular flexibility index (Phi) is 10.2. The molecular formula is C37H50N6O9S. The summed E-state index contributed by atoms with van der Waals surface area (Å²) in [7, 11) is -3.89. The number of hydrogen-bond acceptors (Lipinski definition) is 10. The third-order valence-electron chi connectivity index (χ3n) is 10.6. The number of cyclic esters (lactones) is 1. The Labute approximate surface area is 309 Å². The molecule has 4 bridgehead atoms. The van der Waals surface area contributed by atoms with Gasteiger partial charge >= 0.3 is 12.1 Å². The van der Waals surface area contributed by atoms with E-state index >= 15 is 0 Å². The zero-order chi connectivity index (χ0) is 38.5. The van der Waals surface area contributed by atoms with Crippen molar-refractivity contribution >= 4 is 51.5 Å². The molecule has 5 atom stereocenters. The number of ether oxygens (including phenoxy) is 2. The van der Waals surface area contributed by atoms with Crippen LogP contribution in [0, 0.1) is 16.7 Å². The number of allylic oxidation sites excluding steroid dienone is 1. The van der Waals surface area contributed by atoms with Crippen molar-refractivity contribution in [3.8, 4) is 0 Å². The molecular weight excluding hydrogens is 705 g/mol. The Balaban J connectivity index is 1.32. The molecule has 2 aliphatic carbocycles. The van der Waals surface area contributed by atoms with Gasteiger partial charge in [0.1, 0.15) is 29.4 Å². The Morgan fingerprint density at radius 1 is 1.13 bits per heavy atom. The Morgan fingerprint density at radius 2 is 1.87 bits per heavy atom. The average Bonchev–Trinajstić information content (AvgIpc) is 3.97. The molecule has 16 heteroatoms. The van der Waals surface area contributed by atoms with Gasteiger partial charge in [-0.25, -0.2) is 23.0 Å². The molecule has 2 aromatic rings. The molecule has 53 heavy (non-hydrogen) atoms. The Morgan fingerprint density at radius 3 is 2.53 bits per heavy atom. The first kappa shape index (κ1) is 38.3. The van der Waals surface area contributed by atoms with Crippen LogP contribution < -0.4 is 15.4 Å². The highest BCUT2D eigenvalue weighted by Crippen LogP contribution is 2.47. The first-order valence-corrected chi connectivity index (χ1v) is 19.9. The molecule has 4 amide bonds. The standard InChI is InChI=1S/C37H50N6O9S/c1-7-22-18-37(22,33(47)41-53(49,50)25-14-15-25)40-30(44)27-17-24-19-43(27)31(45)29(35(2,3)4)39-34(48)51-21-36(5,6)16-9-8-11-23-12-10-13-28-38-26(20-42(23)28)32(46)52-24/h8,10-13,20,22,24-25,27,29H,7,9,14-19,21H2,1-6H3,(H,39,48)(H,40,44)(H,41,47)/b11-8+/t22?,24-,27+,29-,37-/m1/s1. The highest BCUT2D eigenvalue weighted by atomic mass is 32.2. The molecule has 2 saturated carbocycles. The predicted molar refractivity (Wildman–Crippen MR) is 194 cm³/mol. The van der Waals surface area contributed by atoms with E-state index in [9.17, 15) is 32.4 Å². The molecule has 1 saturated heterocycles. The minimum absolute atomic E-state index is 0.0420. The van der Waals surface area contributed by atoms with Gasteiger partial charge in [0, 0.05) is 18.3 Å². The topological polar surface area (TPSA) is 195 Å². The van der Waals surface area contributed by atoms with E-state index in [0.717, 1.165) is 5.69 Å². The number of pyridine rings is 1. The molecule has 3 N–H and O–H groups in total. The third kappa shape index (κ3) is 8.21. The van der Waals surface area contributed by atoms with E-state index < -0.39 is 79.6 Å². The molecule has 2 aromatic heterocycles. The fourth-order valence-electron chi connectivity index (χ4n) is 7.13. The van der Waals surface area contributed by atoms with Crippen LogP contribution in [0.5, 0.6) is 0 Å². The number of amides is 4. The summed E-state index contributed by atoms with van der Waals surface area (Å²) in [6, 6.07) is 3.10. The van der Waals surface area contributed by atoms with Crippen LogP contribution in [0.4, 0.5) is 4.79 Å². The Hall–Kier alpha value is -4.47. The summed E-state index contributed by atoms with van der Waals surface area (Å²) in [5.41, 5.74) is -1.37. The van der Waals surface area contributed by atoms with Crippen LogP contribution in [0.2, 0.25) is 0 Å². The van der Waals surface area contributed by atoms with Gasteiger partial charge in [-0.2, -0.15) is 0 Å². The van der Waals surface area contributed by atoms with Gasteiger partial charge in [-0.05, 0) is 67.1 Å². The quantitative estimate of drug-likeness (QED) is 0.369. The lowest BCUT2D eigenvalue weighted by Crippen LogP contribution is -2.60. The molecule has 4 heterocycles. The van der Waals surface area contributed by atoms with Crippen molar-refractivity contribution in [2.45, 2.75) is 115 Å². The predicted octanol–water partition coefficient (Wildman–Crippen LogP) is 3.33. The number of imidazole rings is 1. The van der Waals surface area contributed by atoms with Crippen LogP contribution >= 0.6 is 0 Å². The maximum atomic E-state index is 14.5. The lowest BCUT2D eigenvalue weighted by molar-refractivity contribution is -0.143. The maximum Gasteiger partial charge on any atom is 0.407 e. The summed E-state index contributed by atoms with van der Waals surface area (Å²) in [5.74, 6) is -3.20. The molecule has 6 rings (SSSR count). The molecule has 3 fully saturated rings. The molecule has 4 aliphatic rings. The molecule has 0 aromatic carbocycles. The lowest BCUT2D eigenvalue weighted by Gasteiger charge is -2.35. The van der Waals surface area contributed by atoms with Gasteiger partial charge in [0.15, 0.2) is 5.69 Å². The second-order valence-corrected chi connectivity index (χ2v) is 18.6. The van der Waals surface area contributed by atoms with Gasteiger partial charge in [0.25, 0.3) is 5.91 Å². The van der Waals surface area contributed by atoms with Crippen LogP contribution in [0.15, 0.2) is 30.5 Å². The van der Waals surface area contributed by atoms with E-state index in [4.69, 9.17) is 9.47 Å². The summed E-state index contributed by atoms with van der Waals surface area (Å²) in [6.07, 6.45) is 6.65. The van der Waals surface area contributed by atoms with Crippen molar-refractivity contribution < 1.29 is 41.9 Å². The lowest BCUT2D eigenvalue weighted by atomic mass is 9.85. The highest BCUT2D eigenvalue weighted by molar-refractivity contribution is 7.91. The van der Waals surface area contributed by atoms with E-state index in [2.05, 4.69) is 20.3 Å². The van der Waals surface area contributed by atoms with Gasteiger partial charge in [-0.3, -0.25) is 23.5 Å². The average molecular weight is 755 g/mol. The molecule has 288 valence electrons. The molecule has 15 nitrogen and oxygen atoms in total. The molecule has 0 spiro atoms. The normalized spacial score (nSPS) is 28.8. The number of alkyl carbamates (subject to hydrolysis) is 1. The summed E-state index contributed by atoms with van der Waals surface area (Å²) < 4.78 is 40.8.